The molecule has 0 aliphatic carbocycles. The van der Waals surface area contributed by atoms with Crippen LogP contribution in [-0.2, 0) is 9.59 Å². The van der Waals surface area contributed by atoms with E-state index in [4.69, 9.17) is 4.74 Å². The van der Waals surface area contributed by atoms with Gasteiger partial charge < -0.3 is 15.0 Å². The second-order valence-electron chi connectivity index (χ2n) is 6.61. The highest BCUT2D eigenvalue weighted by Crippen LogP contribution is 2.30. The zero-order chi connectivity index (χ0) is 19.3. The first-order chi connectivity index (χ1) is 13.7. The largest absolute Gasteiger partial charge is 0.484 e. The van der Waals surface area contributed by atoms with Gasteiger partial charge in [0.15, 0.2) is 18.1 Å². The summed E-state index contributed by atoms with van der Waals surface area (Å²) in [5, 5.41) is 11.1. The Kier molecular flexibility index (Phi) is 5.18. The zero-order valence-electron chi connectivity index (χ0n) is 15.3. The Balaban J connectivity index is 1.34. The third-order valence-corrected chi connectivity index (χ3v) is 4.76. The third-order valence-electron chi connectivity index (χ3n) is 4.76. The van der Waals surface area contributed by atoms with Crippen LogP contribution in [0.2, 0.25) is 0 Å². The van der Waals surface area contributed by atoms with Crippen molar-refractivity contribution in [2.75, 3.05) is 19.7 Å². The topological polar surface area (TPSA) is 88.8 Å². The molecule has 2 amide bonds. The van der Waals surface area contributed by atoms with Crippen molar-refractivity contribution in [1.29, 1.82) is 0 Å². The molecule has 2 aromatic heterocycles. The number of nitrogens with zero attached hydrogens (tertiary/aromatic N) is 4. The van der Waals surface area contributed by atoms with Crippen molar-refractivity contribution in [2.24, 2.45) is 0 Å². The lowest BCUT2D eigenvalue weighted by atomic mass is 10.2. The van der Waals surface area contributed by atoms with Gasteiger partial charge in [0.1, 0.15) is 5.75 Å². The van der Waals surface area contributed by atoms with Gasteiger partial charge in [-0.3, -0.25) is 14.0 Å². The van der Waals surface area contributed by atoms with Gasteiger partial charge in [-0.2, -0.15) is 0 Å². The van der Waals surface area contributed by atoms with Crippen LogP contribution in [0.5, 0.6) is 5.75 Å². The summed E-state index contributed by atoms with van der Waals surface area (Å²) in [4.78, 5) is 26.4. The molecule has 1 N–H and O–H groups in total. The first-order valence-electron chi connectivity index (χ1n) is 9.26. The van der Waals surface area contributed by atoms with E-state index in [0.29, 0.717) is 12.3 Å². The number of likely N-dealkylation sites (tertiary alicyclic amines) is 1. The number of nitrogens with one attached hydrogen (secondary N) is 1. The number of carbonyl (C=O) groups excluding carboxylic acids is 2. The number of para-hydroxylation sites is 1. The molecular formula is C20H21N5O3. The van der Waals surface area contributed by atoms with Crippen molar-refractivity contribution < 1.29 is 14.3 Å². The summed E-state index contributed by atoms with van der Waals surface area (Å²) in [6, 6.07) is 14.6. The molecule has 0 saturated carbocycles. The lowest BCUT2D eigenvalue weighted by molar-refractivity contribution is -0.134. The van der Waals surface area contributed by atoms with E-state index < -0.39 is 0 Å². The predicted octanol–water partition coefficient (Wildman–Crippen LogP) is 1.59. The molecule has 4 rings (SSSR count). The number of hydrogen-bond donors (Lipinski definition) is 1. The van der Waals surface area contributed by atoms with Crippen molar-refractivity contribution in [1.82, 2.24) is 24.8 Å². The number of amides is 2. The minimum Gasteiger partial charge on any atom is -0.484 e. The summed E-state index contributed by atoms with van der Waals surface area (Å²) in [6.07, 6.45) is 3.62. The summed E-state index contributed by atoms with van der Waals surface area (Å²) in [7, 11) is 0. The van der Waals surface area contributed by atoms with E-state index in [1.54, 1.807) is 17.0 Å². The Morgan fingerprint density at radius 1 is 1.11 bits per heavy atom. The number of rotatable bonds is 6. The highest BCUT2D eigenvalue weighted by atomic mass is 16.5. The normalized spacial score (nSPS) is 16.3. The van der Waals surface area contributed by atoms with E-state index in [1.807, 2.05) is 47.0 Å². The molecule has 1 aliphatic rings. The van der Waals surface area contributed by atoms with Gasteiger partial charge in [-0.05, 0) is 37.1 Å². The van der Waals surface area contributed by atoms with Crippen molar-refractivity contribution in [2.45, 2.75) is 18.9 Å². The SMILES string of the molecule is O=C(COc1ccccc1)NCC(=O)N1CCCC1c1nnc2ccccn12. The molecule has 1 saturated heterocycles. The molecule has 1 aromatic carbocycles. The monoisotopic (exact) mass is 379 g/mol. The fraction of sp³-hybridized carbons (Fsp3) is 0.300. The van der Waals surface area contributed by atoms with Gasteiger partial charge in [-0.15, -0.1) is 10.2 Å². The lowest BCUT2D eigenvalue weighted by Gasteiger charge is -2.23. The molecule has 0 radical (unpaired) electrons. The van der Waals surface area contributed by atoms with Crippen LogP contribution in [0.4, 0.5) is 0 Å². The first-order valence-corrected chi connectivity index (χ1v) is 9.26. The van der Waals surface area contributed by atoms with Gasteiger partial charge in [0, 0.05) is 12.7 Å². The molecule has 1 fully saturated rings. The molecule has 28 heavy (non-hydrogen) atoms. The van der Waals surface area contributed by atoms with E-state index >= 15 is 0 Å². The van der Waals surface area contributed by atoms with Crippen LogP contribution in [0.3, 0.4) is 0 Å². The van der Waals surface area contributed by atoms with Gasteiger partial charge >= 0.3 is 0 Å². The highest BCUT2D eigenvalue weighted by molar-refractivity contribution is 5.85. The maximum absolute atomic E-state index is 12.7. The summed E-state index contributed by atoms with van der Waals surface area (Å²) in [5.41, 5.74) is 0.753. The fourth-order valence-corrected chi connectivity index (χ4v) is 3.41. The first kappa shape index (κ1) is 18.0. The Morgan fingerprint density at radius 2 is 1.93 bits per heavy atom. The molecule has 1 aliphatic heterocycles. The number of pyridine rings is 1. The summed E-state index contributed by atoms with van der Waals surface area (Å²) in [5.74, 6) is 0.895. The summed E-state index contributed by atoms with van der Waals surface area (Å²) in [6.45, 7) is 0.446. The molecule has 0 bridgehead atoms. The average molecular weight is 379 g/mol. The second kappa shape index (κ2) is 8.08. The number of benzene rings is 1. The van der Waals surface area contributed by atoms with E-state index in [9.17, 15) is 9.59 Å². The molecule has 0 spiro atoms. The average Bonchev–Trinajstić information content (AvgIpc) is 3.38. The quantitative estimate of drug-likeness (QED) is 0.703. The van der Waals surface area contributed by atoms with Crippen LogP contribution >= 0.6 is 0 Å². The maximum atomic E-state index is 12.7. The third kappa shape index (κ3) is 3.80. The van der Waals surface area contributed by atoms with Gasteiger partial charge in [0.25, 0.3) is 5.91 Å². The smallest absolute Gasteiger partial charge is 0.258 e. The molecular weight excluding hydrogens is 358 g/mol. The van der Waals surface area contributed by atoms with Crippen molar-refractivity contribution in [3.05, 3.63) is 60.6 Å². The number of carbonyl (C=O) groups is 2. The number of hydrogen-bond acceptors (Lipinski definition) is 5. The number of fused-ring (bicyclic) bond motifs is 1. The maximum Gasteiger partial charge on any atom is 0.258 e. The standard InChI is InChI=1S/C20H21N5O3/c26-18(14-28-15-7-2-1-3-8-15)21-13-19(27)24-12-6-9-16(24)20-23-22-17-10-4-5-11-25(17)20/h1-5,7-8,10-11,16H,6,9,12-14H2,(H,21,26). The van der Waals surface area contributed by atoms with Crippen LogP contribution in [0.15, 0.2) is 54.7 Å². The van der Waals surface area contributed by atoms with Crippen molar-refractivity contribution in [3.63, 3.8) is 0 Å². The Bertz CT molecular complexity index is 972. The van der Waals surface area contributed by atoms with Crippen LogP contribution in [0, 0.1) is 0 Å². The highest BCUT2D eigenvalue weighted by Gasteiger charge is 2.33. The molecule has 3 aromatic rings. The van der Waals surface area contributed by atoms with E-state index in [2.05, 4.69) is 15.5 Å². The van der Waals surface area contributed by atoms with Crippen LogP contribution in [0.1, 0.15) is 24.7 Å². The van der Waals surface area contributed by atoms with Gasteiger partial charge in [0.2, 0.25) is 5.91 Å². The fourth-order valence-electron chi connectivity index (χ4n) is 3.41. The van der Waals surface area contributed by atoms with Crippen LogP contribution < -0.4 is 10.1 Å². The molecule has 8 heteroatoms. The molecule has 1 unspecified atom stereocenters. The van der Waals surface area contributed by atoms with E-state index in [0.717, 1.165) is 24.3 Å². The Labute approximate surface area is 162 Å². The predicted molar refractivity (Wildman–Crippen MR) is 102 cm³/mol. The molecule has 144 valence electrons. The summed E-state index contributed by atoms with van der Waals surface area (Å²) < 4.78 is 7.30. The minimum absolute atomic E-state index is 0.0653. The Hall–Kier alpha value is -3.42. The lowest BCUT2D eigenvalue weighted by Crippen LogP contribution is -2.41. The van der Waals surface area contributed by atoms with E-state index in [1.165, 1.54) is 0 Å². The van der Waals surface area contributed by atoms with Crippen LogP contribution in [-0.4, -0.2) is 51.0 Å². The molecule has 1 atom stereocenters. The van der Waals surface area contributed by atoms with E-state index in [-0.39, 0.29) is 31.0 Å². The number of aromatic nitrogens is 3. The zero-order valence-corrected chi connectivity index (χ0v) is 15.3. The second-order valence-corrected chi connectivity index (χ2v) is 6.61. The molecule has 3 heterocycles. The van der Waals surface area contributed by atoms with Crippen LogP contribution in [0.25, 0.3) is 5.65 Å². The van der Waals surface area contributed by atoms with Crippen molar-refractivity contribution >= 4 is 17.5 Å². The van der Waals surface area contributed by atoms with Gasteiger partial charge in [-0.1, -0.05) is 24.3 Å². The van der Waals surface area contributed by atoms with Crippen molar-refractivity contribution in [3.8, 4) is 5.75 Å². The van der Waals surface area contributed by atoms with Gasteiger partial charge in [0.05, 0.1) is 12.6 Å². The Morgan fingerprint density at radius 3 is 2.79 bits per heavy atom. The number of ether oxygens (including phenoxy) is 1. The van der Waals surface area contributed by atoms with Gasteiger partial charge in [-0.25, -0.2) is 0 Å². The minimum atomic E-state index is -0.333. The summed E-state index contributed by atoms with van der Waals surface area (Å²) >= 11 is 0. The molecule has 8 nitrogen and oxygen atoms in total.